The zero-order valence-electron chi connectivity index (χ0n) is 11.4. The van der Waals surface area contributed by atoms with Crippen molar-refractivity contribution in [3.63, 3.8) is 0 Å². The number of rotatable bonds is 4. The van der Waals surface area contributed by atoms with Crippen molar-refractivity contribution in [2.75, 3.05) is 5.73 Å². The minimum absolute atomic E-state index is 0.00180. The Bertz CT molecular complexity index is 446. The molecule has 1 amide bonds. The number of anilines is 1. The average molecular weight is 252 g/mol. The molecule has 0 heterocycles. The molecule has 0 aromatic heterocycles. The van der Waals surface area contributed by atoms with Crippen LogP contribution in [0.4, 0.5) is 10.1 Å². The van der Waals surface area contributed by atoms with Crippen LogP contribution >= 0.6 is 0 Å². The Morgan fingerprint density at radius 1 is 1.44 bits per heavy atom. The normalized spacial score (nSPS) is 14.1. The van der Waals surface area contributed by atoms with E-state index in [9.17, 15) is 9.18 Å². The maximum atomic E-state index is 13.2. The molecule has 1 aromatic rings. The highest BCUT2D eigenvalue weighted by Gasteiger charge is 2.17. The summed E-state index contributed by atoms with van der Waals surface area (Å²) in [6.45, 7) is 7.82. The van der Waals surface area contributed by atoms with Gasteiger partial charge in [0.1, 0.15) is 5.82 Å². The quantitative estimate of drug-likeness (QED) is 0.809. The van der Waals surface area contributed by atoms with Gasteiger partial charge in [0, 0.05) is 11.6 Å². The lowest BCUT2D eigenvalue weighted by molar-refractivity contribution is 0.0927. The third-order valence-corrected chi connectivity index (χ3v) is 3.44. The standard InChI is InChI=1S/C14H21FN2O/c1-5-8(2)10(4)17-14(18)11-7-13(16)12(15)6-9(11)3/h6-8,10H,5,16H2,1-4H3,(H,17,18). The van der Waals surface area contributed by atoms with Gasteiger partial charge in [-0.15, -0.1) is 0 Å². The Morgan fingerprint density at radius 3 is 2.61 bits per heavy atom. The van der Waals surface area contributed by atoms with Gasteiger partial charge in [0.2, 0.25) is 0 Å². The Morgan fingerprint density at radius 2 is 2.06 bits per heavy atom. The van der Waals surface area contributed by atoms with Crippen molar-refractivity contribution in [3.8, 4) is 0 Å². The van der Waals surface area contributed by atoms with Gasteiger partial charge in [-0.05, 0) is 37.5 Å². The number of aryl methyl sites for hydroxylation is 1. The number of carbonyl (C=O) groups excluding carboxylic acids is 1. The van der Waals surface area contributed by atoms with E-state index < -0.39 is 5.82 Å². The molecule has 100 valence electrons. The first-order valence-corrected chi connectivity index (χ1v) is 6.23. The second-order valence-corrected chi connectivity index (χ2v) is 4.84. The summed E-state index contributed by atoms with van der Waals surface area (Å²) in [6, 6.07) is 2.76. The minimum Gasteiger partial charge on any atom is -0.396 e. The van der Waals surface area contributed by atoms with Gasteiger partial charge in [0.25, 0.3) is 5.91 Å². The van der Waals surface area contributed by atoms with Gasteiger partial charge in [-0.25, -0.2) is 4.39 Å². The molecule has 0 bridgehead atoms. The summed E-state index contributed by atoms with van der Waals surface area (Å²) in [5.41, 5.74) is 6.52. The Kier molecular flexibility index (Phi) is 4.70. The predicted molar refractivity (Wildman–Crippen MR) is 71.9 cm³/mol. The average Bonchev–Trinajstić information content (AvgIpc) is 2.32. The van der Waals surface area contributed by atoms with E-state index in [1.54, 1.807) is 6.92 Å². The van der Waals surface area contributed by atoms with Crippen molar-refractivity contribution in [2.45, 2.75) is 40.2 Å². The molecule has 2 atom stereocenters. The van der Waals surface area contributed by atoms with Gasteiger partial charge in [-0.2, -0.15) is 0 Å². The van der Waals surface area contributed by atoms with E-state index in [1.165, 1.54) is 12.1 Å². The van der Waals surface area contributed by atoms with Crippen LogP contribution < -0.4 is 11.1 Å². The molecule has 0 saturated carbocycles. The van der Waals surface area contributed by atoms with Crippen LogP contribution in [0.2, 0.25) is 0 Å². The van der Waals surface area contributed by atoms with Crippen molar-refractivity contribution >= 4 is 11.6 Å². The zero-order valence-corrected chi connectivity index (χ0v) is 11.4. The summed E-state index contributed by atoms with van der Waals surface area (Å²) >= 11 is 0. The lowest BCUT2D eigenvalue weighted by Gasteiger charge is -2.20. The SMILES string of the molecule is CCC(C)C(C)NC(=O)c1cc(N)c(F)cc1C. The molecule has 0 spiro atoms. The minimum atomic E-state index is -0.487. The molecule has 0 aliphatic carbocycles. The van der Waals surface area contributed by atoms with Crippen LogP contribution in [0, 0.1) is 18.7 Å². The fraction of sp³-hybridized carbons (Fsp3) is 0.500. The smallest absolute Gasteiger partial charge is 0.251 e. The fourth-order valence-electron chi connectivity index (χ4n) is 1.71. The third kappa shape index (κ3) is 3.22. The fourth-order valence-corrected chi connectivity index (χ4v) is 1.71. The number of benzene rings is 1. The zero-order chi connectivity index (χ0) is 13.9. The van der Waals surface area contributed by atoms with Crippen molar-refractivity contribution in [2.24, 2.45) is 5.92 Å². The summed E-state index contributed by atoms with van der Waals surface area (Å²) in [7, 11) is 0. The monoisotopic (exact) mass is 252 g/mol. The third-order valence-electron chi connectivity index (χ3n) is 3.44. The van der Waals surface area contributed by atoms with E-state index in [0.717, 1.165) is 6.42 Å². The molecule has 1 aromatic carbocycles. The van der Waals surface area contributed by atoms with Gasteiger partial charge in [0.15, 0.2) is 0 Å². The molecule has 0 radical (unpaired) electrons. The van der Waals surface area contributed by atoms with Gasteiger partial charge in [-0.1, -0.05) is 20.3 Å². The molecular formula is C14H21FN2O. The summed E-state index contributed by atoms with van der Waals surface area (Å²) in [6.07, 6.45) is 0.992. The number of nitrogen functional groups attached to an aromatic ring is 1. The van der Waals surface area contributed by atoms with E-state index >= 15 is 0 Å². The molecule has 0 fully saturated rings. The van der Waals surface area contributed by atoms with Crippen molar-refractivity contribution in [1.82, 2.24) is 5.32 Å². The highest BCUT2D eigenvalue weighted by Crippen LogP contribution is 2.18. The molecule has 0 aliphatic rings. The summed E-state index contributed by atoms with van der Waals surface area (Å²) in [5, 5.41) is 2.92. The Hall–Kier alpha value is -1.58. The number of hydrogen-bond donors (Lipinski definition) is 2. The molecular weight excluding hydrogens is 231 g/mol. The van der Waals surface area contributed by atoms with E-state index in [0.29, 0.717) is 17.0 Å². The van der Waals surface area contributed by atoms with Crippen molar-refractivity contribution < 1.29 is 9.18 Å². The Balaban J connectivity index is 2.88. The first-order valence-electron chi connectivity index (χ1n) is 6.23. The van der Waals surface area contributed by atoms with Gasteiger partial charge >= 0.3 is 0 Å². The summed E-state index contributed by atoms with van der Waals surface area (Å²) in [4.78, 5) is 12.1. The van der Waals surface area contributed by atoms with Crippen LogP contribution in [0.1, 0.15) is 43.1 Å². The first kappa shape index (κ1) is 14.5. The van der Waals surface area contributed by atoms with Crippen LogP contribution in [0.5, 0.6) is 0 Å². The van der Waals surface area contributed by atoms with E-state index in [1.807, 2.05) is 6.92 Å². The maximum absolute atomic E-state index is 13.2. The molecule has 18 heavy (non-hydrogen) atoms. The lowest BCUT2D eigenvalue weighted by atomic mass is 10.00. The number of hydrogen-bond acceptors (Lipinski definition) is 2. The number of nitrogens with one attached hydrogen (secondary N) is 1. The van der Waals surface area contributed by atoms with Crippen LogP contribution in [0.25, 0.3) is 0 Å². The molecule has 1 rings (SSSR count). The highest BCUT2D eigenvalue weighted by atomic mass is 19.1. The highest BCUT2D eigenvalue weighted by molar-refractivity contribution is 5.96. The van der Waals surface area contributed by atoms with Crippen LogP contribution in [0.15, 0.2) is 12.1 Å². The predicted octanol–water partition coefficient (Wildman–Crippen LogP) is 2.88. The Labute approximate surface area is 108 Å². The van der Waals surface area contributed by atoms with Crippen LogP contribution in [0.3, 0.4) is 0 Å². The first-order chi connectivity index (χ1) is 8.36. The van der Waals surface area contributed by atoms with Crippen molar-refractivity contribution in [3.05, 3.63) is 29.1 Å². The molecule has 3 N–H and O–H groups in total. The largest absolute Gasteiger partial charge is 0.396 e. The molecule has 3 nitrogen and oxygen atoms in total. The van der Waals surface area contributed by atoms with Gasteiger partial charge < -0.3 is 11.1 Å². The van der Waals surface area contributed by atoms with E-state index in [2.05, 4.69) is 19.2 Å². The summed E-state index contributed by atoms with van der Waals surface area (Å²) in [5.74, 6) is -0.293. The molecule has 0 aliphatic heterocycles. The number of nitrogens with two attached hydrogens (primary N) is 1. The van der Waals surface area contributed by atoms with Gasteiger partial charge in [0.05, 0.1) is 5.69 Å². The molecule has 0 saturated heterocycles. The topological polar surface area (TPSA) is 55.1 Å². The van der Waals surface area contributed by atoms with E-state index in [4.69, 9.17) is 5.73 Å². The lowest BCUT2D eigenvalue weighted by Crippen LogP contribution is -2.37. The van der Waals surface area contributed by atoms with E-state index in [-0.39, 0.29) is 17.6 Å². The van der Waals surface area contributed by atoms with Gasteiger partial charge in [-0.3, -0.25) is 4.79 Å². The maximum Gasteiger partial charge on any atom is 0.251 e. The molecule has 4 heteroatoms. The van der Waals surface area contributed by atoms with Crippen molar-refractivity contribution in [1.29, 1.82) is 0 Å². The second kappa shape index (κ2) is 5.85. The number of halogens is 1. The number of amides is 1. The molecule has 2 unspecified atom stereocenters. The number of carbonyl (C=O) groups is 1. The second-order valence-electron chi connectivity index (χ2n) is 4.84. The summed E-state index contributed by atoms with van der Waals surface area (Å²) < 4.78 is 13.2. The van der Waals surface area contributed by atoms with Crippen LogP contribution in [-0.2, 0) is 0 Å². The van der Waals surface area contributed by atoms with Crippen LogP contribution in [-0.4, -0.2) is 11.9 Å².